The van der Waals surface area contributed by atoms with Crippen LogP contribution in [-0.4, -0.2) is 73.9 Å². The third-order valence-electron chi connectivity index (χ3n) is 5.17. The average Bonchev–Trinajstić information content (AvgIpc) is 2.70. The Bertz CT molecular complexity index is 738. The van der Waals surface area contributed by atoms with E-state index in [2.05, 4.69) is 44.6 Å². The Hall–Kier alpha value is -2.51. The van der Waals surface area contributed by atoms with Crippen LogP contribution in [0.3, 0.4) is 0 Å². The lowest BCUT2D eigenvalue weighted by atomic mass is 10.1. The summed E-state index contributed by atoms with van der Waals surface area (Å²) in [5.41, 5.74) is 0.567. The Morgan fingerprint density at radius 3 is 2.61 bits per heavy atom. The fourth-order valence-electron chi connectivity index (χ4n) is 3.56. The third kappa shape index (κ3) is 8.63. The molecule has 0 aromatic carbocycles. The van der Waals surface area contributed by atoms with Crippen molar-refractivity contribution in [2.75, 3.05) is 45.2 Å². The number of nitrogens with one attached hydrogen (secondary N) is 2. The van der Waals surface area contributed by atoms with E-state index < -0.39 is 5.60 Å². The zero-order valence-corrected chi connectivity index (χ0v) is 20.2. The first-order chi connectivity index (χ1) is 14.6. The van der Waals surface area contributed by atoms with Gasteiger partial charge in [-0.15, -0.1) is 0 Å². The highest BCUT2D eigenvalue weighted by Gasteiger charge is 2.22. The van der Waals surface area contributed by atoms with E-state index in [1.165, 1.54) is 0 Å². The zero-order valence-electron chi connectivity index (χ0n) is 20.2. The second-order valence-electron chi connectivity index (χ2n) is 9.46. The molecule has 1 aromatic heterocycles. The molecule has 8 heteroatoms. The predicted octanol–water partition coefficient (Wildman–Crippen LogP) is 3.03. The Morgan fingerprint density at radius 2 is 2.03 bits per heavy atom. The quantitative estimate of drug-likeness (QED) is 0.531. The summed E-state index contributed by atoms with van der Waals surface area (Å²) >= 11 is 0. The van der Waals surface area contributed by atoms with Gasteiger partial charge in [-0.05, 0) is 58.6 Å². The van der Waals surface area contributed by atoms with Crippen LogP contribution in [0.15, 0.2) is 23.2 Å². The number of anilines is 1. The number of rotatable bonds is 6. The number of carbonyl (C=O) groups excluding carboxylic acids is 1. The molecule has 2 heterocycles. The van der Waals surface area contributed by atoms with Crippen molar-refractivity contribution in [1.29, 1.82) is 0 Å². The summed E-state index contributed by atoms with van der Waals surface area (Å²) in [5.74, 6) is 2.12. The van der Waals surface area contributed by atoms with Gasteiger partial charge in [-0.2, -0.15) is 0 Å². The molecule has 0 radical (unpaired) electrons. The normalized spacial score (nSPS) is 16.6. The zero-order chi connectivity index (χ0) is 23.0. The number of guanidine groups is 1. The molecule has 2 N–H and O–H groups in total. The first-order valence-electron chi connectivity index (χ1n) is 11.2. The molecule has 1 aliphatic heterocycles. The molecule has 1 aromatic rings. The maximum Gasteiger partial charge on any atom is 0.410 e. The van der Waals surface area contributed by atoms with Gasteiger partial charge in [0.2, 0.25) is 0 Å². The minimum atomic E-state index is -0.482. The Kier molecular flexibility index (Phi) is 8.95. The number of aryl methyl sites for hydroxylation is 1. The van der Waals surface area contributed by atoms with Crippen molar-refractivity contribution in [3.8, 4) is 0 Å². The van der Waals surface area contributed by atoms with Crippen LogP contribution in [0.2, 0.25) is 0 Å². The number of hydrogen-bond donors (Lipinski definition) is 2. The van der Waals surface area contributed by atoms with Crippen molar-refractivity contribution in [1.82, 2.24) is 20.5 Å². The largest absolute Gasteiger partial charge is 0.444 e. The molecule has 2 rings (SSSR count). The lowest BCUT2D eigenvalue weighted by molar-refractivity contribution is 0.0278. The van der Waals surface area contributed by atoms with Gasteiger partial charge in [-0.3, -0.25) is 4.99 Å². The van der Waals surface area contributed by atoms with E-state index in [1.807, 2.05) is 33.8 Å². The Morgan fingerprint density at radius 1 is 1.35 bits per heavy atom. The molecule has 1 amide bonds. The smallest absolute Gasteiger partial charge is 0.410 e. The number of piperidine rings is 1. The number of aromatic nitrogens is 1. The molecule has 0 aliphatic carbocycles. The minimum absolute atomic E-state index is 0.255. The first-order valence-corrected chi connectivity index (χ1v) is 11.2. The number of aliphatic imine (C=N–C) groups is 1. The number of hydrogen-bond acceptors (Lipinski definition) is 5. The van der Waals surface area contributed by atoms with Gasteiger partial charge in [-0.1, -0.05) is 13.0 Å². The molecule has 1 aliphatic rings. The Balaban J connectivity index is 1.73. The summed E-state index contributed by atoms with van der Waals surface area (Å²) in [5, 5.41) is 6.93. The summed E-state index contributed by atoms with van der Waals surface area (Å²) in [6, 6.07) is 6.55. The number of nitrogens with zero attached hydrogens (tertiary/aromatic N) is 4. The molecule has 0 saturated carbocycles. The van der Waals surface area contributed by atoms with E-state index in [0.29, 0.717) is 12.6 Å². The summed E-state index contributed by atoms with van der Waals surface area (Å²) < 4.78 is 5.42. The van der Waals surface area contributed by atoms with Gasteiger partial charge < -0.3 is 25.2 Å². The summed E-state index contributed by atoms with van der Waals surface area (Å²) in [6.45, 7) is 13.0. The van der Waals surface area contributed by atoms with Gasteiger partial charge in [0.15, 0.2) is 5.96 Å². The van der Waals surface area contributed by atoms with Crippen LogP contribution >= 0.6 is 0 Å². The number of ether oxygens (including phenoxy) is 1. The molecule has 1 fully saturated rings. The molecular weight excluding hydrogens is 392 g/mol. The highest BCUT2D eigenvalue weighted by Crippen LogP contribution is 2.18. The van der Waals surface area contributed by atoms with E-state index in [9.17, 15) is 4.79 Å². The fourth-order valence-corrected chi connectivity index (χ4v) is 3.56. The SMILES string of the molecule is CN=C(NCC(C)CN(C)C(=O)OC(C)(C)C)NC1CCN(c2cccc(C)n2)CC1. The van der Waals surface area contributed by atoms with Gasteiger partial charge in [0.1, 0.15) is 11.4 Å². The molecule has 0 spiro atoms. The maximum absolute atomic E-state index is 12.1. The monoisotopic (exact) mass is 432 g/mol. The van der Waals surface area contributed by atoms with E-state index >= 15 is 0 Å². The van der Waals surface area contributed by atoms with E-state index in [4.69, 9.17) is 4.74 Å². The van der Waals surface area contributed by atoms with Crippen molar-refractivity contribution in [3.05, 3.63) is 23.9 Å². The number of amides is 1. The van der Waals surface area contributed by atoms with Gasteiger partial charge >= 0.3 is 6.09 Å². The summed E-state index contributed by atoms with van der Waals surface area (Å²) in [6.07, 6.45) is 1.78. The molecule has 31 heavy (non-hydrogen) atoms. The van der Waals surface area contributed by atoms with Crippen LogP contribution in [0.25, 0.3) is 0 Å². The molecule has 174 valence electrons. The van der Waals surface area contributed by atoms with Gasteiger partial charge in [0.05, 0.1) is 0 Å². The highest BCUT2D eigenvalue weighted by atomic mass is 16.6. The van der Waals surface area contributed by atoms with Crippen molar-refractivity contribution in [3.63, 3.8) is 0 Å². The summed E-state index contributed by atoms with van der Waals surface area (Å²) in [7, 11) is 3.56. The number of carbonyl (C=O) groups is 1. The maximum atomic E-state index is 12.1. The first kappa shape index (κ1) is 24.8. The van der Waals surface area contributed by atoms with Crippen molar-refractivity contribution in [2.24, 2.45) is 10.9 Å². The number of pyridine rings is 1. The standard InChI is InChI=1S/C23H40N6O2/c1-17(16-28(7)22(30)31-23(3,4)5)15-25-21(24-6)27-19-11-13-29(14-12-19)20-10-8-9-18(2)26-20/h8-10,17,19H,11-16H2,1-7H3,(H2,24,25,27). The van der Waals surface area contributed by atoms with Crippen molar-refractivity contribution >= 4 is 17.9 Å². The topological polar surface area (TPSA) is 82.1 Å². The fraction of sp³-hybridized carbons (Fsp3) is 0.696. The van der Waals surface area contributed by atoms with Gasteiger partial charge in [-0.25, -0.2) is 9.78 Å². The van der Waals surface area contributed by atoms with E-state index in [1.54, 1.807) is 19.0 Å². The van der Waals surface area contributed by atoms with Crippen LogP contribution in [0.4, 0.5) is 10.6 Å². The third-order valence-corrected chi connectivity index (χ3v) is 5.17. The molecule has 1 saturated heterocycles. The lowest BCUT2D eigenvalue weighted by Gasteiger charge is -2.34. The molecule has 1 atom stereocenters. The van der Waals surface area contributed by atoms with Crippen LogP contribution in [0.1, 0.15) is 46.2 Å². The van der Waals surface area contributed by atoms with E-state index in [0.717, 1.165) is 49.9 Å². The van der Waals surface area contributed by atoms with Gasteiger partial charge in [0, 0.05) is 52.0 Å². The predicted molar refractivity (Wildman–Crippen MR) is 127 cm³/mol. The lowest BCUT2D eigenvalue weighted by Crippen LogP contribution is -2.50. The average molecular weight is 433 g/mol. The van der Waals surface area contributed by atoms with E-state index in [-0.39, 0.29) is 12.0 Å². The second-order valence-corrected chi connectivity index (χ2v) is 9.46. The van der Waals surface area contributed by atoms with Crippen molar-refractivity contribution < 1.29 is 9.53 Å². The molecule has 8 nitrogen and oxygen atoms in total. The minimum Gasteiger partial charge on any atom is -0.444 e. The highest BCUT2D eigenvalue weighted by molar-refractivity contribution is 5.80. The van der Waals surface area contributed by atoms with Crippen LogP contribution in [0, 0.1) is 12.8 Å². The Labute approximate surface area is 187 Å². The molecule has 0 bridgehead atoms. The summed E-state index contributed by atoms with van der Waals surface area (Å²) in [4.78, 5) is 25.1. The van der Waals surface area contributed by atoms with Crippen LogP contribution in [0.5, 0.6) is 0 Å². The van der Waals surface area contributed by atoms with Gasteiger partial charge in [0.25, 0.3) is 0 Å². The molecule has 1 unspecified atom stereocenters. The van der Waals surface area contributed by atoms with Crippen LogP contribution < -0.4 is 15.5 Å². The van der Waals surface area contributed by atoms with Crippen LogP contribution in [-0.2, 0) is 4.74 Å². The molecular formula is C23H40N6O2. The second kappa shape index (κ2) is 11.2. The van der Waals surface area contributed by atoms with Crippen molar-refractivity contribution in [2.45, 2.75) is 59.1 Å².